The molecule has 0 radical (unpaired) electrons. The quantitative estimate of drug-likeness (QED) is 0.899. The Bertz CT molecular complexity index is 627. The van der Waals surface area contributed by atoms with Crippen molar-refractivity contribution in [3.05, 3.63) is 39.2 Å². The van der Waals surface area contributed by atoms with E-state index in [0.717, 1.165) is 15.6 Å². The summed E-state index contributed by atoms with van der Waals surface area (Å²) in [4.78, 5) is 19.6. The van der Waals surface area contributed by atoms with Crippen LogP contribution in [-0.2, 0) is 6.54 Å². The van der Waals surface area contributed by atoms with Crippen LogP contribution in [0.15, 0.2) is 16.7 Å². The maximum Gasteiger partial charge on any atom is 0.257 e. The molecule has 0 fully saturated rings. The normalized spacial score (nSPS) is 11.3. The van der Waals surface area contributed by atoms with Crippen molar-refractivity contribution in [1.29, 1.82) is 0 Å². The van der Waals surface area contributed by atoms with Gasteiger partial charge in [-0.25, -0.2) is 4.98 Å². The van der Waals surface area contributed by atoms with E-state index in [1.165, 1.54) is 6.26 Å². The fraction of sp³-hybridized carbons (Fsp3) is 0.429. The van der Waals surface area contributed by atoms with E-state index in [1.807, 2.05) is 20.8 Å². The van der Waals surface area contributed by atoms with Gasteiger partial charge in [-0.05, 0) is 26.8 Å². The molecule has 2 aromatic heterocycles. The van der Waals surface area contributed by atoms with E-state index in [4.69, 9.17) is 10.2 Å². The minimum absolute atomic E-state index is 0. The van der Waals surface area contributed by atoms with E-state index in [-0.39, 0.29) is 36.8 Å². The maximum atomic E-state index is 12.4. The summed E-state index contributed by atoms with van der Waals surface area (Å²) in [7, 11) is 1.79. The highest BCUT2D eigenvalue weighted by Crippen LogP contribution is 2.29. The van der Waals surface area contributed by atoms with Gasteiger partial charge in [0.25, 0.3) is 5.91 Å². The third kappa shape index (κ3) is 4.23. The van der Waals surface area contributed by atoms with Gasteiger partial charge in [0.1, 0.15) is 12.0 Å². The zero-order valence-corrected chi connectivity index (χ0v) is 15.4. The summed E-state index contributed by atoms with van der Waals surface area (Å²) >= 11 is 1.62. The molecule has 0 aliphatic rings. The van der Waals surface area contributed by atoms with Crippen LogP contribution >= 0.6 is 36.2 Å². The van der Waals surface area contributed by atoms with E-state index >= 15 is 0 Å². The predicted octanol–water partition coefficient (Wildman–Crippen LogP) is 3.49. The highest BCUT2D eigenvalue weighted by atomic mass is 35.5. The van der Waals surface area contributed by atoms with E-state index in [2.05, 4.69) is 4.98 Å². The summed E-state index contributed by atoms with van der Waals surface area (Å²) in [6, 6.07) is 1.67. The molecule has 2 heterocycles. The number of rotatable bonds is 4. The zero-order valence-electron chi connectivity index (χ0n) is 13.0. The number of amides is 1. The van der Waals surface area contributed by atoms with Gasteiger partial charge >= 0.3 is 0 Å². The maximum absolute atomic E-state index is 12.4. The SMILES string of the molecule is Cc1nc(C)c(C(C)N(C)C(=O)c2coc(CN)c2)s1.Cl.Cl. The Morgan fingerprint density at radius 2 is 2.09 bits per heavy atom. The molecule has 1 atom stereocenters. The number of hydrogen-bond acceptors (Lipinski definition) is 5. The van der Waals surface area contributed by atoms with E-state index < -0.39 is 0 Å². The first-order valence-corrected chi connectivity index (χ1v) is 7.24. The van der Waals surface area contributed by atoms with Crippen molar-refractivity contribution in [2.75, 3.05) is 7.05 Å². The Morgan fingerprint density at radius 1 is 1.45 bits per heavy atom. The predicted molar refractivity (Wildman–Crippen MR) is 93.2 cm³/mol. The van der Waals surface area contributed by atoms with Gasteiger partial charge in [0.05, 0.1) is 28.9 Å². The number of nitrogens with zero attached hydrogens (tertiary/aromatic N) is 2. The van der Waals surface area contributed by atoms with E-state index in [1.54, 1.807) is 29.4 Å². The molecule has 0 saturated carbocycles. The number of hydrogen-bond donors (Lipinski definition) is 1. The average molecular weight is 366 g/mol. The van der Waals surface area contributed by atoms with E-state index in [0.29, 0.717) is 17.9 Å². The summed E-state index contributed by atoms with van der Waals surface area (Å²) in [5, 5.41) is 1.01. The van der Waals surface area contributed by atoms with Crippen LogP contribution in [0.5, 0.6) is 0 Å². The highest BCUT2D eigenvalue weighted by molar-refractivity contribution is 7.11. The lowest BCUT2D eigenvalue weighted by Crippen LogP contribution is -2.29. The van der Waals surface area contributed by atoms with Crippen LogP contribution in [0.25, 0.3) is 0 Å². The van der Waals surface area contributed by atoms with Gasteiger partial charge in [0.2, 0.25) is 0 Å². The van der Waals surface area contributed by atoms with Gasteiger partial charge in [0, 0.05) is 11.9 Å². The number of thiazole rings is 1. The molecule has 0 aliphatic heterocycles. The van der Waals surface area contributed by atoms with Crippen LogP contribution in [-0.4, -0.2) is 22.8 Å². The highest BCUT2D eigenvalue weighted by Gasteiger charge is 2.23. The van der Waals surface area contributed by atoms with E-state index in [9.17, 15) is 4.79 Å². The summed E-state index contributed by atoms with van der Waals surface area (Å²) in [5.74, 6) is 0.533. The van der Waals surface area contributed by atoms with Gasteiger partial charge in [-0.15, -0.1) is 36.2 Å². The van der Waals surface area contributed by atoms with Gasteiger partial charge in [-0.1, -0.05) is 0 Å². The Hall–Kier alpha value is -1.08. The second kappa shape index (κ2) is 8.53. The Kier molecular flexibility index (Phi) is 8.11. The number of furan rings is 1. The summed E-state index contributed by atoms with van der Waals surface area (Å²) in [6.45, 7) is 6.23. The van der Waals surface area contributed by atoms with Crippen LogP contribution in [0.2, 0.25) is 0 Å². The Labute approximate surface area is 146 Å². The van der Waals surface area contributed by atoms with Crippen molar-refractivity contribution in [3.8, 4) is 0 Å². The molecule has 2 N–H and O–H groups in total. The number of aryl methyl sites for hydroxylation is 2. The first-order chi connectivity index (χ1) is 9.43. The molecule has 22 heavy (non-hydrogen) atoms. The Morgan fingerprint density at radius 3 is 2.55 bits per heavy atom. The van der Waals surface area contributed by atoms with Crippen molar-refractivity contribution >= 4 is 42.1 Å². The molecule has 0 spiro atoms. The summed E-state index contributed by atoms with van der Waals surface area (Å²) < 4.78 is 5.22. The van der Waals surface area contributed by atoms with Gasteiger partial charge in [0.15, 0.2) is 0 Å². The third-order valence-electron chi connectivity index (χ3n) is 3.32. The standard InChI is InChI=1S/C14H19N3O2S.2ClH/c1-8-13(20-10(3)16-8)9(2)17(4)14(18)11-5-12(6-15)19-7-11;;/h5,7,9H,6,15H2,1-4H3;2*1H. The first kappa shape index (κ1) is 20.9. The number of nitrogens with two attached hydrogens (primary N) is 1. The molecular formula is C14H21Cl2N3O2S. The van der Waals surface area contributed by atoms with Crippen LogP contribution in [0.4, 0.5) is 0 Å². The minimum atomic E-state index is -0.0774. The first-order valence-electron chi connectivity index (χ1n) is 6.42. The van der Waals surface area contributed by atoms with Crippen molar-refractivity contribution in [2.24, 2.45) is 5.73 Å². The van der Waals surface area contributed by atoms with Gasteiger partial charge in [-0.2, -0.15) is 0 Å². The molecule has 2 aromatic rings. The topological polar surface area (TPSA) is 72.4 Å². The van der Waals surface area contributed by atoms with Crippen molar-refractivity contribution in [2.45, 2.75) is 33.4 Å². The molecule has 1 amide bonds. The average Bonchev–Trinajstić information content (AvgIpc) is 3.02. The molecule has 0 saturated heterocycles. The molecular weight excluding hydrogens is 345 g/mol. The lowest BCUT2D eigenvalue weighted by atomic mass is 10.2. The number of halogens is 2. The molecule has 124 valence electrons. The molecule has 2 rings (SSSR count). The van der Waals surface area contributed by atoms with Crippen molar-refractivity contribution < 1.29 is 9.21 Å². The zero-order chi connectivity index (χ0) is 14.9. The van der Waals surface area contributed by atoms with Crippen molar-refractivity contribution in [3.63, 3.8) is 0 Å². The largest absolute Gasteiger partial charge is 0.467 e. The lowest BCUT2D eigenvalue weighted by molar-refractivity contribution is 0.0744. The van der Waals surface area contributed by atoms with Gasteiger partial charge in [-0.3, -0.25) is 4.79 Å². The summed E-state index contributed by atoms with van der Waals surface area (Å²) in [5.41, 5.74) is 7.00. The van der Waals surface area contributed by atoms with Crippen LogP contribution in [0, 0.1) is 13.8 Å². The molecule has 0 aliphatic carbocycles. The molecule has 0 aromatic carbocycles. The molecule has 1 unspecified atom stereocenters. The number of carbonyl (C=O) groups excluding carboxylic acids is 1. The number of carbonyl (C=O) groups is 1. The lowest BCUT2D eigenvalue weighted by Gasteiger charge is -2.23. The monoisotopic (exact) mass is 365 g/mol. The van der Waals surface area contributed by atoms with Gasteiger partial charge < -0.3 is 15.1 Å². The van der Waals surface area contributed by atoms with Crippen LogP contribution in [0.3, 0.4) is 0 Å². The third-order valence-corrected chi connectivity index (χ3v) is 4.57. The Balaban J connectivity index is 0.00000220. The van der Waals surface area contributed by atoms with Crippen LogP contribution in [0.1, 0.15) is 44.7 Å². The summed E-state index contributed by atoms with van der Waals surface area (Å²) in [6.07, 6.45) is 1.46. The number of aromatic nitrogens is 1. The minimum Gasteiger partial charge on any atom is -0.467 e. The second-order valence-electron chi connectivity index (χ2n) is 4.78. The molecule has 0 bridgehead atoms. The molecule has 8 heteroatoms. The second-order valence-corrected chi connectivity index (χ2v) is 6.02. The van der Waals surface area contributed by atoms with Crippen molar-refractivity contribution in [1.82, 2.24) is 9.88 Å². The smallest absolute Gasteiger partial charge is 0.257 e. The van der Waals surface area contributed by atoms with Crippen LogP contribution < -0.4 is 5.73 Å². The fourth-order valence-corrected chi connectivity index (χ4v) is 3.11. The molecule has 5 nitrogen and oxygen atoms in total. The fourth-order valence-electron chi connectivity index (χ4n) is 2.09.